The third kappa shape index (κ3) is 3.60. The van der Waals surface area contributed by atoms with Crippen LogP contribution in [0.1, 0.15) is 30.2 Å². The molecular weight excluding hydrogens is 338 g/mol. The second-order valence-corrected chi connectivity index (χ2v) is 8.82. The lowest BCUT2D eigenvalue weighted by Crippen LogP contribution is -2.44. The number of amides is 1. The summed E-state index contributed by atoms with van der Waals surface area (Å²) < 4.78 is 1.27. The monoisotopic (exact) mass is 361 g/mol. The molecule has 2 aliphatic rings. The lowest BCUT2D eigenvalue weighted by molar-refractivity contribution is -0.132. The number of likely N-dealkylation sites (tertiary alicyclic amines) is 1. The molecule has 2 fully saturated rings. The van der Waals surface area contributed by atoms with E-state index in [4.69, 9.17) is 4.98 Å². The number of piperidine rings is 1. The fourth-order valence-corrected chi connectivity index (χ4v) is 5.62. The summed E-state index contributed by atoms with van der Waals surface area (Å²) in [5, 5.41) is 4.71. The molecule has 24 heavy (non-hydrogen) atoms. The second-order valence-electron chi connectivity index (χ2n) is 6.60. The Labute approximate surface area is 151 Å². The van der Waals surface area contributed by atoms with E-state index in [0.29, 0.717) is 24.3 Å². The molecule has 0 spiro atoms. The molecule has 1 N–H and O–H groups in total. The van der Waals surface area contributed by atoms with Crippen LogP contribution in [0.2, 0.25) is 0 Å². The van der Waals surface area contributed by atoms with Gasteiger partial charge in [0, 0.05) is 49.5 Å². The molecule has 1 unspecified atom stereocenters. The minimum absolute atomic E-state index is 0.317. The van der Waals surface area contributed by atoms with Gasteiger partial charge >= 0.3 is 0 Å². The molecule has 4 nitrogen and oxygen atoms in total. The quantitative estimate of drug-likeness (QED) is 0.912. The van der Waals surface area contributed by atoms with Crippen LogP contribution in [0.4, 0.5) is 0 Å². The number of aromatic nitrogens is 1. The molecule has 2 saturated heterocycles. The van der Waals surface area contributed by atoms with Gasteiger partial charge < -0.3 is 10.2 Å². The van der Waals surface area contributed by atoms with Gasteiger partial charge in [-0.3, -0.25) is 4.79 Å². The first-order valence-electron chi connectivity index (χ1n) is 8.74. The molecule has 0 radical (unpaired) electrons. The first-order chi connectivity index (χ1) is 11.8. The predicted octanol–water partition coefficient (Wildman–Crippen LogP) is 3.10. The van der Waals surface area contributed by atoms with Crippen molar-refractivity contribution in [2.45, 2.75) is 31.2 Å². The molecule has 0 saturated carbocycles. The SMILES string of the molecule is O=C(CC1CSCCN1)N1CCC(c2nc3ccccc3s2)CC1. The summed E-state index contributed by atoms with van der Waals surface area (Å²) in [6, 6.07) is 8.71. The van der Waals surface area contributed by atoms with E-state index in [-0.39, 0.29) is 0 Å². The van der Waals surface area contributed by atoms with Crippen LogP contribution in [0.15, 0.2) is 24.3 Å². The maximum absolute atomic E-state index is 12.5. The number of hydrogen-bond acceptors (Lipinski definition) is 5. The fraction of sp³-hybridized carbons (Fsp3) is 0.556. The number of fused-ring (bicyclic) bond motifs is 1. The third-order valence-corrected chi connectivity index (χ3v) is 7.26. The van der Waals surface area contributed by atoms with Crippen LogP contribution in [0.3, 0.4) is 0 Å². The van der Waals surface area contributed by atoms with Gasteiger partial charge in [-0.15, -0.1) is 11.3 Å². The average Bonchev–Trinajstić information content (AvgIpc) is 3.07. The number of benzene rings is 1. The second kappa shape index (κ2) is 7.42. The van der Waals surface area contributed by atoms with Crippen LogP contribution in [0.25, 0.3) is 10.2 Å². The highest BCUT2D eigenvalue weighted by molar-refractivity contribution is 7.99. The summed E-state index contributed by atoms with van der Waals surface area (Å²) in [7, 11) is 0. The van der Waals surface area contributed by atoms with E-state index >= 15 is 0 Å². The zero-order chi connectivity index (χ0) is 16.4. The number of nitrogens with zero attached hydrogens (tertiary/aromatic N) is 2. The van der Waals surface area contributed by atoms with E-state index in [1.165, 1.54) is 9.71 Å². The van der Waals surface area contributed by atoms with Gasteiger partial charge in [0.15, 0.2) is 0 Å². The zero-order valence-electron chi connectivity index (χ0n) is 13.7. The smallest absolute Gasteiger partial charge is 0.224 e. The van der Waals surface area contributed by atoms with E-state index in [9.17, 15) is 4.79 Å². The van der Waals surface area contributed by atoms with Gasteiger partial charge in [-0.1, -0.05) is 12.1 Å². The summed E-state index contributed by atoms with van der Waals surface area (Å²) in [4.78, 5) is 19.4. The van der Waals surface area contributed by atoms with Gasteiger partial charge in [-0.25, -0.2) is 4.98 Å². The molecule has 6 heteroatoms. The van der Waals surface area contributed by atoms with Crippen LogP contribution in [0, 0.1) is 0 Å². The first-order valence-corrected chi connectivity index (χ1v) is 10.7. The number of hydrogen-bond donors (Lipinski definition) is 1. The number of para-hydroxylation sites is 1. The fourth-order valence-electron chi connectivity index (χ4n) is 3.53. The van der Waals surface area contributed by atoms with Crippen molar-refractivity contribution in [3.05, 3.63) is 29.3 Å². The Balaban J connectivity index is 1.33. The molecule has 1 amide bonds. The maximum atomic E-state index is 12.5. The summed E-state index contributed by atoms with van der Waals surface area (Å²) in [5.41, 5.74) is 1.11. The Morgan fingerprint density at radius 2 is 2.12 bits per heavy atom. The summed E-state index contributed by atoms with van der Waals surface area (Å²) in [6.45, 7) is 2.78. The van der Waals surface area contributed by atoms with Gasteiger partial charge in [0.1, 0.15) is 0 Å². The molecule has 1 atom stereocenters. The molecule has 1 aromatic heterocycles. The van der Waals surface area contributed by atoms with Gasteiger partial charge in [0.25, 0.3) is 0 Å². The molecule has 2 aliphatic heterocycles. The molecule has 0 bridgehead atoms. The topological polar surface area (TPSA) is 45.2 Å². The average molecular weight is 362 g/mol. The van der Waals surface area contributed by atoms with Crippen molar-refractivity contribution in [2.75, 3.05) is 31.1 Å². The van der Waals surface area contributed by atoms with Crippen molar-refractivity contribution < 1.29 is 4.79 Å². The maximum Gasteiger partial charge on any atom is 0.224 e. The first kappa shape index (κ1) is 16.4. The van der Waals surface area contributed by atoms with Crippen LogP contribution >= 0.6 is 23.1 Å². The van der Waals surface area contributed by atoms with Crippen molar-refractivity contribution in [1.29, 1.82) is 0 Å². The van der Waals surface area contributed by atoms with Gasteiger partial charge in [0.05, 0.1) is 15.2 Å². The predicted molar refractivity (Wildman–Crippen MR) is 102 cm³/mol. The Bertz CT molecular complexity index is 670. The Kier molecular flexibility index (Phi) is 5.06. The minimum atomic E-state index is 0.317. The van der Waals surface area contributed by atoms with Crippen molar-refractivity contribution in [3.63, 3.8) is 0 Å². The zero-order valence-corrected chi connectivity index (χ0v) is 15.4. The van der Waals surface area contributed by atoms with Crippen molar-refractivity contribution in [1.82, 2.24) is 15.2 Å². The van der Waals surface area contributed by atoms with Gasteiger partial charge in [-0.05, 0) is 25.0 Å². The summed E-state index contributed by atoms with van der Waals surface area (Å²) in [5.74, 6) is 3.05. The molecule has 2 aromatic rings. The van der Waals surface area contributed by atoms with Gasteiger partial charge in [-0.2, -0.15) is 11.8 Å². The number of thioether (sulfide) groups is 1. The Morgan fingerprint density at radius 3 is 2.88 bits per heavy atom. The van der Waals surface area contributed by atoms with Gasteiger partial charge in [0.2, 0.25) is 5.91 Å². The van der Waals surface area contributed by atoms with E-state index in [1.54, 1.807) is 0 Å². The number of nitrogens with one attached hydrogen (secondary N) is 1. The number of thiazole rings is 1. The highest BCUT2D eigenvalue weighted by Crippen LogP contribution is 2.34. The number of carbonyl (C=O) groups excluding carboxylic acids is 1. The van der Waals surface area contributed by atoms with E-state index in [2.05, 4.69) is 28.4 Å². The van der Waals surface area contributed by atoms with E-state index < -0.39 is 0 Å². The van der Waals surface area contributed by atoms with Crippen LogP contribution in [-0.2, 0) is 4.79 Å². The normalized spacial score (nSPS) is 22.8. The molecular formula is C18H23N3OS2. The third-order valence-electron chi connectivity index (χ3n) is 4.93. The molecule has 0 aliphatic carbocycles. The van der Waals surface area contributed by atoms with E-state index in [0.717, 1.165) is 49.5 Å². The lowest BCUT2D eigenvalue weighted by Gasteiger charge is -2.33. The van der Waals surface area contributed by atoms with Crippen molar-refractivity contribution in [2.24, 2.45) is 0 Å². The molecule has 3 heterocycles. The van der Waals surface area contributed by atoms with Crippen molar-refractivity contribution >= 4 is 39.2 Å². The largest absolute Gasteiger partial charge is 0.343 e. The summed E-state index contributed by atoms with van der Waals surface area (Å²) >= 11 is 3.77. The molecule has 128 valence electrons. The van der Waals surface area contributed by atoms with Crippen molar-refractivity contribution in [3.8, 4) is 0 Å². The highest BCUT2D eigenvalue weighted by Gasteiger charge is 2.27. The molecule has 4 rings (SSSR count). The lowest BCUT2D eigenvalue weighted by atomic mass is 9.97. The standard InChI is InChI=1S/C18H23N3OS2/c22-17(11-14-12-23-10-7-19-14)21-8-5-13(6-9-21)18-20-15-3-1-2-4-16(15)24-18/h1-4,13-14,19H,5-12H2. The van der Waals surface area contributed by atoms with E-state index in [1.807, 2.05) is 29.2 Å². The van der Waals surface area contributed by atoms with Crippen LogP contribution in [-0.4, -0.2) is 53.0 Å². The summed E-state index contributed by atoms with van der Waals surface area (Å²) in [6.07, 6.45) is 2.73. The number of rotatable bonds is 3. The van der Waals surface area contributed by atoms with Crippen LogP contribution < -0.4 is 5.32 Å². The Hall–Kier alpha value is -1.11. The highest BCUT2D eigenvalue weighted by atomic mass is 32.2. The van der Waals surface area contributed by atoms with Crippen LogP contribution in [0.5, 0.6) is 0 Å². The molecule has 1 aromatic carbocycles. The number of carbonyl (C=O) groups is 1. The minimum Gasteiger partial charge on any atom is -0.343 e. The Morgan fingerprint density at radius 1 is 1.29 bits per heavy atom.